The van der Waals surface area contributed by atoms with E-state index in [0.29, 0.717) is 19.2 Å². The third-order valence-electron chi connectivity index (χ3n) is 6.45. The van der Waals surface area contributed by atoms with Crippen molar-refractivity contribution in [2.24, 2.45) is 0 Å². The summed E-state index contributed by atoms with van der Waals surface area (Å²) in [6.07, 6.45) is 5.16. The normalized spacial score (nSPS) is 18.2. The van der Waals surface area contributed by atoms with Crippen molar-refractivity contribution in [3.63, 3.8) is 0 Å². The van der Waals surface area contributed by atoms with Gasteiger partial charge in [-0.05, 0) is 56.1 Å². The fourth-order valence-corrected chi connectivity index (χ4v) is 4.74. The Bertz CT molecular complexity index is 1070. The van der Waals surface area contributed by atoms with Gasteiger partial charge in [0.05, 0.1) is 5.56 Å². The Balaban J connectivity index is 1.25. The molecule has 2 aliphatic heterocycles. The molecule has 0 fully saturated rings. The maximum absolute atomic E-state index is 12.6. The number of likely N-dealkylation sites (N-methyl/N-ethyl adjacent to an activating group) is 1. The van der Waals surface area contributed by atoms with Crippen LogP contribution in [0.3, 0.4) is 0 Å². The molecule has 0 saturated carbocycles. The summed E-state index contributed by atoms with van der Waals surface area (Å²) < 4.78 is 6.06. The van der Waals surface area contributed by atoms with Crippen LogP contribution in [0.1, 0.15) is 33.5 Å². The summed E-state index contributed by atoms with van der Waals surface area (Å²) in [4.78, 5) is 20.2. The molecule has 0 spiro atoms. The number of aromatic amines is 1. The second kappa shape index (κ2) is 7.23. The lowest BCUT2D eigenvalue weighted by atomic mass is 9.94. The molecule has 1 unspecified atom stereocenters. The van der Waals surface area contributed by atoms with Crippen molar-refractivity contribution < 1.29 is 9.53 Å². The second-order valence-corrected chi connectivity index (χ2v) is 8.35. The molecule has 5 heteroatoms. The van der Waals surface area contributed by atoms with E-state index in [1.165, 1.54) is 16.5 Å². The van der Waals surface area contributed by atoms with E-state index < -0.39 is 0 Å². The molecular weight excluding hydrogens is 362 g/mol. The standard InChI is InChI=1S/C24H27N3O2/c1-26(11-5-6-16-13-25-21-8-4-3-7-19(16)21)18-12-20-22(29-15-18)10-9-17-14-27(2)24(28)23(17)20/h3-4,7-10,13,18,25H,5-6,11-12,14-15H2,1-2H3. The third-order valence-corrected chi connectivity index (χ3v) is 6.45. The predicted molar refractivity (Wildman–Crippen MR) is 114 cm³/mol. The maximum atomic E-state index is 12.6. The molecule has 5 rings (SSSR count). The highest BCUT2D eigenvalue weighted by Gasteiger charge is 2.33. The number of para-hydroxylation sites is 1. The number of H-pyrrole nitrogens is 1. The topological polar surface area (TPSA) is 48.6 Å². The monoisotopic (exact) mass is 389 g/mol. The molecule has 1 atom stereocenters. The van der Waals surface area contributed by atoms with Crippen LogP contribution in [-0.2, 0) is 19.4 Å². The quantitative estimate of drug-likeness (QED) is 0.725. The van der Waals surface area contributed by atoms with E-state index in [4.69, 9.17) is 4.74 Å². The minimum atomic E-state index is 0.128. The number of rotatable bonds is 5. The number of nitrogens with one attached hydrogen (secondary N) is 1. The first-order valence-electron chi connectivity index (χ1n) is 10.4. The highest BCUT2D eigenvalue weighted by Crippen LogP contribution is 2.35. The molecular formula is C24H27N3O2. The number of hydrogen-bond acceptors (Lipinski definition) is 3. The number of carbonyl (C=O) groups is 1. The molecule has 3 heterocycles. The van der Waals surface area contributed by atoms with Gasteiger partial charge in [0.25, 0.3) is 5.91 Å². The van der Waals surface area contributed by atoms with E-state index in [0.717, 1.165) is 48.2 Å². The first kappa shape index (κ1) is 18.3. The second-order valence-electron chi connectivity index (χ2n) is 8.35. The van der Waals surface area contributed by atoms with Crippen LogP contribution in [0.25, 0.3) is 10.9 Å². The Kier molecular flexibility index (Phi) is 4.55. The average Bonchev–Trinajstić information content (AvgIpc) is 3.28. The molecule has 1 amide bonds. The number of benzene rings is 2. The summed E-state index contributed by atoms with van der Waals surface area (Å²) in [5.74, 6) is 1.01. The number of hydrogen-bond donors (Lipinski definition) is 1. The predicted octanol–water partition coefficient (Wildman–Crippen LogP) is 3.62. The molecule has 150 valence electrons. The number of amides is 1. The van der Waals surface area contributed by atoms with Crippen LogP contribution in [0.15, 0.2) is 42.6 Å². The smallest absolute Gasteiger partial charge is 0.254 e. The van der Waals surface area contributed by atoms with Gasteiger partial charge in [-0.25, -0.2) is 0 Å². The fourth-order valence-electron chi connectivity index (χ4n) is 4.74. The van der Waals surface area contributed by atoms with E-state index in [2.05, 4.69) is 47.4 Å². The van der Waals surface area contributed by atoms with Gasteiger partial charge >= 0.3 is 0 Å². The van der Waals surface area contributed by atoms with Crippen molar-refractivity contribution in [3.05, 3.63) is 64.8 Å². The summed E-state index contributed by atoms with van der Waals surface area (Å²) in [5, 5.41) is 1.32. The highest BCUT2D eigenvalue weighted by molar-refractivity contribution is 6.00. The van der Waals surface area contributed by atoms with Gasteiger partial charge in [-0.15, -0.1) is 0 Å². The lowest BCUT2D eigenvalue weighted by Crippen LogP contribution is -2.41. The molecule has 1 aromatic heterocycles. The van der Waals surface area contributed by atoms with Crippen LogP contribution in [0, 0.1) is 0 Å². The number of aryl methyl sites for hydroxylation is 1. The van der Waals surface area contributed by atoms with Gasteiger partial charge in [-0.2, -0.15) is 0 Å². The highest BCUT2D eigenvalue weighted by atomic mass is 16.5. The summed E-state index contributed by atoms with van der Waals surface area (Å²) in [7, 11) is 4.04. The molecule has 1 N–H and O–H groups in total. The fraction of sp³-hybridized carbons (Fsp3) is 0.375. The van der Waals surface area contributed by atoms with Gasteiger partial charge < -0.3 is 14.6 Å². The summed E-state index contributed by atoms with van der Waals surface area (Å²) in [5.41, 5.74) is 5.68. The summed E-state index contributed by atoms with van der Waals surface area (Å²) >= 11 is 0. The molecule has 3 aromatic rings. The minimum absolute atomic E-state index is 0.128. The average molecular weight is 389 g/mol. The van der Waals surface area contributed by atoms with E-state index >= 15 is 0 Å². The van der Waals surface area contributed by atoms with Gasteiger partial charge in [0.1, 0.15) is 12.4 Å². The minimum Gasteiger partial charge on any atom is -0.492 e. The van der Waals surface area contributed by atoms with Gasteiger partial charge in [0.15, 0.2) is 0 Å². The molecule has 29 heavy (non-hydrogen) atoms. The zero-order valence-corrected chi connectivity index (χ0v) is 17.1. The number of ether oxygens (including phenoxy) is 1. The van der Waals surface area contributed by atoms with Crippen LogP contribution in [0.4, 0.5) is 0 Å². The first-order valence-corrected chi connectivity index (χ1v) is 10.4. The van der Waals surface area contributed by atoms with Crippen molar-refractivity contribution in [2.75, 3.05) is 27.2 Å². The molecule has 2 aromatic carbocycles. The van der Waals surface area contributed by atoms with Crippen molar-refractivity contribution in [3.8, 4) is 5.75 Å². The van der Waals surface area contributed by atoms with Gasteiger partial charge in [0.2, 0.25) is 0 Å². The van der Waals surface area contributed by atoms with Crippen molar-refractivity contribution in [1.82, 2.24) is 14.8 Å². The van der Waals surface area contributed by atoms with Gasteiger partial charge in [-0.1, -0.05) is 24.3 Å². The molecule has 5 nitrogen and oxygen atoms in total. The van der Waals surface area contributed by atoms with Gasteiger partial charge in [-0.3, -0.25) is 9.69 Å². The Morgan fingerprint density at radius 2 is 2.10 bits per heavy atom. The number of aromatic nitrogens is 1. The Labute approximate surface area is 171 Å². The lowest BCUT2D eigenvalue weighted by Gasteiger charge is -2.33. The van der Waals surface area contributed by atoms with E-state index in [1.807, 2.05) is 19.2 Å². The Morgan fingerprint density at radius 3 is 3.00 bits per heavy atom. The molecule has 0 bridgehead atoms. The van der Waals surface area contributed by atoms with Crippen LogP contribution >= 0.6 is 0 Å². The van der Waals surface area contributed by atoms with E-state index in [-0.39, 0.29) is 5.91 Å². The molecule has 2 aliphatic rings. The SMILES string of the molecule is CN1Cc2ccc3c(c2C1=O)CC(N(C)CCCc1c[nH]c2ccccc12)CO3. The lowest BCUT2D eigenvalue weighted by molar-refractivity contribution is 0.0812. The van der Waals surface area contributed by atoms with Crippen molar-refractivity contribution >= 4 is 16.8 Å². The third kappa shape index (κ3) is 3.19. The van der Waals surface area contributed by atoms with Crippen LogP contribution < -0.4 is 4.74 Å². The molecule has 0 aliphatic carbocycles. The number of nitrogens with zero attached hydrogens (tertiary/aromatic N) is 2. The van der Waals surface area contributed by atoms with Crippen LogP contribution in [-0.4, -0.2) is 54.0 Å². The number of fused-ring (bicyclic) bond motifs is 4. The summed E-state index contributed by atoms with van der Waals surface area (Å²) in [6, 6.07) is 12.9. The Hall–Kier alpha value is -2.79. The zero-order valence-electron chi connectivity index (χ0n) is 17.1. The Morgan fingerprint density at radius 1 is 1.24 bits per heavy atom. The van der Waals surface area contributed by atoms with Gasteiger partial charge in [0, 0.05) is 42.3 Å². The zero-order chi connectivity index (χ0) is 20.0. The number of carbonyl (C=O) groups excluding carboxylic acids is 1. The van der Waals surface area contributed by atoms with E-state index in [9.17, 15) is 4.79 Å². The molecule has 0 saturated heterocycles. The van der Waals surface area contributed by atoms with Crippen LogP contribution in [0.5, 0.6) is 5.75 Å². The van der Waals surface area contributed by atoms with E-state index in [1.54, 1.807) is 4.90 Å². The first-order chi connectivity index (χ1) is 14.1. The van der Waals surface area contributed by atoms with Crippen molar-refractivity contribution in [1.29, 1.82) is 0 Å². The largest absolute Gasteiger partial charge is 0.492 e. The maximum Gasteiger partial charge on any atom is 0.254 e. The summed E-state index contributed by atoms with van der Waals surface area (Å²) in [6.45, 7) is 2.39. The molecule has 0 radical (unpaired) electrons. The van der Waals surface area contributed by atoms with Crippen molar-refractivity contribution in [2.45, 2.75) is 31.8 Å². The van der Waals surface area contributed by atoms with Crippen LogP contribution in [0.2, 0.25) is 0 Å².